The fraction of sp³-hybridized carbons (Fsp3) is 0.150. The zero-order valence-electron chi connectivity index (χ0n) is 14.2. The van der Waals surface area contributed by atoms with Crippen LogP contribution in [0.15, 0.2) is 66.0 Å². The van der Waals surface area contributed by atoms with Gasteiger partial charge in [0.2, 0.25) is 5.91 Å². The van der Waals surface area contributed by atoms with Gasteiger partial charge in [-0.05, 0) is 18.1 Å². The van der Waals surface area contributed by atoms with E-state index in [1.165, 1.54) is 11.3 Å². The number of benzene rings is 2. The number of carbonyl (C=O) groups is 2. The first-order valence-electron chi connectivity index (χ1n) is 8.22. The smallest absolute Gasteiger partial charge is 0.357 e. The van der Waals surface area contributed by atoms with E-state index in [2.05, 4.69) is 10.3 Å². The van der Waals surface area contributed by atoms with Gasteiger partial charge in [-0.1, -0.05) is 60.7 Å². The van der Waals surface area contributed by atoms with Crippen molar-refractivity contribution in [2.75, 3.05) is 11.9 Å². The zero-order chi connectivity index (χ0) is 18.4. The molecule has 0 spiro atoms. The van der Waals surface area contributed by atoms with E-state index in [1.807, 2.05) is 60.7 Å². The van der Waals surface area contributed by atoms with Gasteiger partial charge < -0.3 is 10.1 Å². The number of anilines is 1. The minimum Gasteiger partial charge on any atom is -0.461 e. The van der Waals surface area contributed by atoms with Crippen LogP contribution in [0.2, 0.25) is 0 Å². The third kappa shape index (κ3) is 4.15. The second-order valence-electron chi connectivity index (χ2n) is 5.50. The summed E-state index contributed by atoms with van der Waals surface area (Å²) in [6.07, 6.45) is 0. The molecule has 26 heavy (non-hydrogen) atoms. The third-order valence-corrected chi connectivity index (χ3v) is 4.50. The normalized spacial score (nSPS) is 10.5. The quantitative estimate of drug-likeness (QED) is 0.667. The molecule has 0 aliphatic rings. The Labute approximate surface area is 155 Å². The lowest BCUT2D eigenvalue weighted by molar-refractivity contribution is -0.116. The number of aromatic nitrogens is 1. The van der Waals surface area contributed by atoms with Gasteiger partial charge in [0.1, 0.15) is 0 Å². The highest BCUT2D eigenvalue weighted by Crippen LogP contribution is 2.27. The molecule has 6 heteroatoms. The summed E-state index contributed by atoms with van der Waals surface area (Å²) in [4.78, 5) is 28.8. The number of hydrogen-bond donors (Lipinski definition) is 1. The number of rotatable bonds is 6. The van der Waals surface area contributed by atoms with Gasteiger partial charge in [-0.15, -0.1) is 11.3 Å². The van der Waals surface area contributed by atoms with Gasteiger partial charge in [0.25, 0.3) is 0 Å². The number of nitrogens with one attached hydrogen (secondary N) is 1. The van der Waals surface area contributed by atoms with E-state index in [0.29, 0.717) is 5.13 Å². The summed E-state index contributed by atoms with van der Waals surface area (Å²) in [7, 11) is 0. The van der Waals surface area contributed by atoms with Gasteiger partial charge in [0.05, 0.1) is 12.5 Å². The van der Waals surface area contributed by atoms with Crippen molar-refractivity contribution in [3.63, 3.8) is 0 Å². The largest absolute Gasteiger partial charge is 0.461 e. The second kappa shape index (κ2) is 8.40. The van der Waals surface area contributed by atoms with E-state index in [0.717, 1.165) is 11.1 Å². The summed E-state index contributed by atoms with van der Waals surface area (Å²) < 4.78 is 4.92. The van der Waals surface area contributed by atoms with Crippen molar-refractivity contribution < 1.29 is 14.3 Å². The molecule has 0 saturated carbocycles. The highest BCUT2D eigenvalue weighted by molar-refractivity contribution is 7.14. The van der Waals surface area contributed by atoms with Crippen LogP contribution in [0.4, 0.5) is 5.13 Å². The molecule has 0 bridgehead atoms. The molecule has 1 aromatic heterocycles. The van der Waals surface area contributed by atoms with Gasteiger partial charge in [0, 0.05) is 5.38 Å². The topological polar surface area (TPSA) is 68.3 Å². The maximum atomic E-state index is 13.0. The maximum Gasteiger partial charge on any atom is 0.357 e. The van der Waals surface area contributed by atoms with E-state index in [9.17, 15) is 9.59 Å². The zero-order valence-corrected chi connectivity index (χ0v) is 15.0. The Bertz CT molecular complexity index is 839. The number of carbonyl (C=O) groups excluding carboxylic acids is 2. The number of thiazole rings is 1. The number of nitrogens with zero attached hydrogens (tertiary/aromatic N) is 1. The average Bonchev–Trinajstić information content (AvgIpc) is 3.12. The maximum absolute atomic E-state index is 13.0. The molecule has 0 aliphatic heterocycles. The Morgan fingerprint density at radius 2 is 1.62 bits per heavy atom. The monoisotopic (exact) mass is 366 g/mol. The van der Waals surface area contributed by atoms with Crippen molar-refractivity contribution in [2.24, 2.45) is 0 Å². The predicted molar refractivity (Wildman–Crippen MR) is 101 cm³/mol. The molecule has 3 aromatic rings. The molecule has 1 amide bonds. The first kappa shape index (κ1) is 17.8. The lowest BCUT2D eigenvalue weighted by Crippen LogP contribution is -2.22. The van der Waals surface area contributed by atoms with E-state index in [4.69, 9.17) is 4.74 Å². The molecule has 0 radical (unpaired) electrons. The SMILES string of the molecule is CCOC(=O)c1csc(NC(=O)C(c2ccccc2)c2ccccc2)n1. The number of hydrogen-bond acceptors (Lipinski definition) is 5. The molecule has 5 nitrogen and oxygen atoms in total. The molecule has 1 N–H and O–H groups in total. The van der Waals surface area contributed by atoms with Gasteiger partial charge >= 0.3 is 5.97 Å². The minimum atomic E-state index is -0.494. The Kier molecular flexibility index (Phi) is 5.76. The number of amides is 1. The standard InChI is InChI=1S/C20H18N2O3S/c1-2-25-19(24)16-13-26-20(21-16)22-18(23)17(14-9-5-3-6-10-14)15-11-7-4-8-12-15/h3-13,17H,2H2,1H3,(H,21,22,23). The highest BCUT2D eigenvalue weighted by atomic mass is 32.1. The van der Waals surface area contributed by atoms with Gasteiger partial charge in [-0.2, -0.15) is 0 Å². The van der Waals surface area contributed by atoms with Crippen LogP contribution in [0.3, 0.4) is 0 Å². The lowest BCUT2D eigenvalue weighted by Gasteiger charge is -2.17. The molecule has 132 valence electrons. The van der Waals surface area contributed by atoms with Crippen LogP contribution in [0, 0.1) is 0 Å². The molecule has 0 atom stereocenters. The van der Waals surface area contributed by atoms with Crippen molar-refractivity contribution >= 4 is 28.3 Å². The molecule has 1 heterocycles. The van der Waals surface area contributed by atoms with Crippen LogP contribution in [0.25, 0.3) is 0 Å². The molecular weight excluding hydrogens is 348 g/mol. The second-order valence-corrected chi connectivity index (χ2v) is 6.36. The van der Waals surface area contributed by atoms with Crippen LogP contribution in [-0.4, -0.2) is 23.5 Å². The summed E-state index contributed by atoms with van der Waals surface area (Å²) in [5.41, 5.74) is 1.97. The lowest BCUT2D eigenvalue weighted by atomic mass is 9.90. The van der Waals surface area contributed by atoms with Crippen molar-refractivity contribution in [3.05, 3.63) is 82.9 Å². The van der Waals surface area contributed by atoms with Crippen molar-refractivity contribution in [1.29, 1.82) is 0 Å². The molecule has 0 unspecified atom stereocenters. The molecule has 0 aliphatic carbocycles. The van der Waals surface area contributed by atoms with E-state index < -0.39 is 11.9 Å². The van der Waals surface area contributed by atoms with Crippen LogP contribution in [0.5, 0.6) is 0 Å². The van der Waals surface area contributed by atoms with Crippen molar-refractivity contribution in [3.8, 4) is 0 Å². The third-order valence-electron chi connectivity index (χ3n) is 3.75. The Morgan fingerprint density at radius 3 is 2.15 bits per heavy atom. The summed E-state index contributed by atoms with van der Waals surface area (Å²) >= 11 is 1.20. The first-order chi connectivity index (χ1) is 12.7. The van der Waals surface area contributed by atoms with Crippen LogP contribution >= 0.6 is 11.3 Å². The summed E-state index contributed by atoms with van der Waals surface area (Å²) in [5.74, 6) is -1.16. The molecule has 2 aromatic carbocycles. The minimum absolute atomic E-state index is 0.197. The Hall–Kier alpha value is -2.99. The number of esters is 1. The average molecular weight is 366 g/mol. The fourth-order valence-electron chi connectivity index (χ4n) is 2.59. The first-order valence-corrected chi connectivity index (χ1v) is 9.10. The van der Waals surface area contributed by atoms with E-state index in [1.54, 1.807) is 12.3 Å². The molecule has 3 rings (SSSR count). The van der Waals surface area contributed by atoms with Crippen LogP contribution < -0.4 is 5.32 Å². The number of ether oxygens (including phenoxy) is 1. The Balaban J connectivity index is 1.84. The summed E-state index contributed by atoms with van der Waals surface area (Å²) in [5, 5.41) is 4.76. The summed E-state index contributed by atoms with van der Waals surface area (Å²) in [6.45, 7) is 2.01. The van der Waals surface area contributed by atoms with Crippen LogP contribution in [0.1, 0.15) is 34.5 Å². The van der Waals surface area contributed by atoms with Crippen molar-refractivity contribution in [1.82, 2.24) is 4.98 Å². The fourth-order valence-corrected chi connectivity index (χ4v) is 3.28. The van der Waals surface area contributed by atoms with E-state index in [-0.39, 0.29) is 18.2 Å². The van der Waals surface area contributed by atoms with Gasteiger partial charge in [-0.3, -0.25) is 4.79 Å². The van der Waals surface area contributed by atoms with E-state index >= 15 is 0 Å². The van der Waals surface area contributed by atoms with Crippen LogP contribution in [-0.2, 0) is 9.53 Å². The molecule has 0 saturated heterocycles. The predicted octanol–water partition coefficient (Wildman–Crippen LogP) is 4.09. The van der Waals surface area contributed by atoms with Gasteiger partial charge in [0.15, 0.2) is 10.8 Å². The molecule has 0 fully saturated rings. The highest BCUT2D eigenvalue weighted by Gasteiger charge is 2.24. The Morgan fingerprint density at radius 1 is 1.04 bits per heavy atom. The van der Waals surface area contributed by atoms with Gasteiger partial charge in [-0.25, -0.2) is 9.78 Å². The molecular formula is C20H18N2O3S. The van der Waals surface area contributed by atoms with Crippen molar-refractivity contribution in [2.45, 2.75) is 12.8 Å². The summed E-state index contributed by atoms with van der Waals surface area (Å²) in [6, 6.07) is 19.1.